The molecule has 2 rings (SSSR count). The molecule has 0 unspecified atom stereocenters. The molecule has 1 nitrogen and oxygen atoms in total. The first-order valence-corrected chi connectivity index (χ1v) is 9.77. The van der Waals surface area contributed by atoms with Crippen molar-refractivity contribution in [3.63, 3.8) is 0 Å². The maximum Gasteiger partial charge on any atom is 0.0690 e. The van der Waals surface area contributed by atoms with Gasteiger partial charge in [-0.05, 0) is 65.0 Å². The highest BCUT2D eigenvalue weighted by atomic mass is 16.3. The summed E-state index contributed by atoms with van der Waals surface area (Å²) in [5.41, 5.74) is 9.10. The predicted octanol–water partition coefficient (Wildman–Crippen LogP) is 6.74. The number of rotatable bonds is 7. The van der Waals surface area contributed by atoms with Gasteiger partial charge in [-0.25, -0.2) is 0 Å². The molecular formula is C24H34O. The molecule has 136 valence electrons. The molecule has 25 heavy (non-hydrogen) atoms. The molecule has 0 bridgehead atoms. The van der Waals surface area contributed by atoms with Crippen LogP contribution in [0.25, 0.3) is 11.1 Å². The topological polar surface area (TPSA) is 20.2 Å². The summed E-state index contributed by atoms with van der Waals surface area (Å²) >= 11 is 0. The van der Waals surface area contributed by atoms with Gasteiger partial charge in [-0.3, -0.25) is 0 Å². The van der Waals surface area contributed by atoms with Crippen LogP contribution >= 0.6 is 0 Å². The molecule has 0 amide bonds. The van der Waals surface area contributed by atoms with Crippen molar-refractivity contribution in [2.75, 3.05) is 0 Å². The first kappa shape index (κ1) is 19.7. The molecule has 0 fully saturated rings. The van der Waals surface area contributed by atoms with E-state index in [1.807, 2.05) is 0 Å². The van der Waals surface area contributed by atoms with E-state index in [0.29, 0.717) is 11.8 Å². The summed E-state index contributed by atoms with van der Waals surface area (Å²) in [6.07, 6.45) is 3.45. The number of aliphatic hydroxyl groups is 1. The lowest BCUT2D eigenvalue weighted by atomic mass is 9.80. The van der Waals surface area contributed by atoms with E-state index in [1.165, 1.54) is 46.2 Å². The van der Waals surface area contributed by atoms with E-state index < -0.39 is 0 Å². The SMILES string of the molecule is CCCCc1c(C(C)C)cc(C(C)C)c(CO)c1-c1ccc(C)cc1. The number of aryl methyl sites for hydroxylation is 1. The van der Waals surface area contributed by atoms with Crippen molar-refractivity contribution in [3.8, 4) is 11.1 Å². The van der Waals surface area contributed by atoms with Crippen LogP contribution in [0.3, 0.4) is 0 Å². The third kappa shape index (κ3) is 4.33. The van der Waals surface area contributed by atoms with Crippen LogP contribution in [0.2, 0.25) is 0 Å². The van der Waals surface area contributed by atoms with E-state index in [2.05, 4.69) is 71.9 Å². The summed E-state index contributed by atoms with van der Waals surface area (Å²) in [5, 5.41) is 10.2. The smallest absolute Gasteiger partial charge is 0.0690 e. The quantitative estimate of drug-likeness (QED) is 0.592. The molecule has 0 aliphatic heterocycles. The van der Waals surface area contributed by atoms with Gasteiger partial charge in [0.25, 0.3) is 0 Å². The molecule has 0 spiro atoms. The van der Waals surface area contributed by atoms with Crippen LogP contribution in [0, 0.1) is 6.92 Å². The number of benzene rings is 2. The lowest BCUT2D eigenvalue weighted by Gasteiger charge is -2.25. The highest BCUT2D eigenvalue weighted by Gasteiger charge is 2.21. The maximum absolute atomic E-state index is 10.2. The minimum atomic E-state index is 0.105. The molecule has 2 aromatic carbocycles. The van der Waals surface area contributed by atoms with Crippen molar-refractivity contribution < 1.29 is 5.11 Å². The summed E-state index contributed by atoms with van der Waals surface area (Å²) in [7, 11) is 0. The van der Waals surface area contributed by atoms with E-state index in [-0.39, 0.29) is 6.61 Å². The van der Waals surface area contributed by atoms with Crippen molar-refractivity contribution in [1.29, 1.82) is 0 Å². The standard InChI is InChI=1S/C24H34O/c1-7-8-9-20-21(16(2)3)14-22(17(4)5)23(15-25)24(20)19-12-10-18(6)11-13-19/h10-14,16-17,25H,7-9,15H2,1-6H3. The molecule has 2 aromatic rings. The van der Waals surface area contributed by atoms with Gasteiger partial charge >= 0.3 is 0 Å². The lowest BCUT2D eigenvalue weighted by molar-refractivity contribution is 0.280. The number of aliphatic hydroxyl groups excluding tert-OH is 1. The van der Waals surface area contributed by atoms with Gasteiger partial charge in [-0.1, -0.05) is 76.9 Å². The fourth-order valence-electron chi connectivity index (χ4n) is 3.70. The Morgan fingerprint density at radius 1 is 0.880 bits per heavy atom. The van der Waals surface area contributed by atoms with Gasteiger partial charge in [-0.2, -0.15) is 0 Å². The Labute approximate surface area is 154 Å². The second-order valence-corrected chi connectivity index (χ2v) is 7.82. The van der Waals surface area contributed by atoms with Crippen molar-refractivity contribution in [2.45, 2.75) is 79.2 Å². The zero-order chi connectivity index (χ0) is 18.6. The summed E-state index contributed by atoms with van der Waals surface area (Å²) in [4.78, 5) is 0. The Morgan fingerprint density at radius 3 is 1.92 bits per heavy atom. The van der Waals surface area contributed by atoms with E-state index in [1.54, 1.807) is 0 Å². The zero-order valence-corrected chi connectivity index (χ0v) is 16.8. The largest absolute Gasteiger partial charge is 0.392 e. The third-order valence-corrected chi connectivity index (χ3v) is 5.13. The van der Waals surface area contributed by atoms with Gasteiger partial charge in [0.2, 0.25) is 0 Å². The number of unbranched alkanes of at least 4 members (excludes halogenated alkanes) is 1. The average molecular weight is 339 g/mol. The van der Waals surface area contributed by atoms with Crippen molar-refractivity contribution in [3.05, 3.63) is 58.1 Å². The van der Waals surface area contributed by atoms with Gasteiger partial charge in [0.15, 0.2) is 0 Å². The molecule has 0 heterocycles. The van der Waals surface area contributed by atoms with E-state index in [9.17, 15) is 5.11 Å². The van der Waals surface area contributed by atoms with Crippen molar-refractivity contribution in [2.24, 2.45) is 0 Å². The van der Waals surface area contributed by atoms with Gasteiger partial charge in [0, 0.05) is 0 Å². The summed E-state index contributed by atoms with van der Waals surface area (Å²) in [5.74, 6) is 0.894. The van der Waals surface area contributed by atoms with Gasteiger partial charge in [0.1, 0.15) is 0 Å². The molecule has 0 radical (unpaired) electrons. The molecule has 1 heteroatoms. The summed E-state index contributed by atoms with van der Waals surface area (Å²) in [6.45, 7) is 13.5. The molecule has 1 N–H and O–H groups in total. The molecule has 0 aliphatic carbocycles. The molecule has 0 aliphatic rings. The maximum atomic E-state index is 10.2. The van der Waals surface area contributed by atoms with Crippen LogP contribution in [-0.2, 0) is 13.0 Å². The normalized spacial score (nSPS) is 11.6. The lowest BCUT2D eigenvalue weighted by Crippen LogP contribution is -2.09. The second-order valence-electron chi connectivity index (χ2n) is 7.82. The van der Waals surface area contributed by atoms with E-state index in [4.69, 9.17) is 0 Å². The summed E-state index contributed by atoms with van der Waals surface area (Å²) in [6, 6.07) is 11.2. The minimum Gasteiger partial charge on any atom is -0.392 e. The van der Waals surface area contributed by atoms with Crippen LogP contribution in [0.15, 0.2) is 30.3 Å². The van der Waals surface area contributed by atoms with Crippen molar-refractivity contribution in [1.82, 2.24) is 0 Å². The zero-order valence-electron chi connectivity index (χ0n) is 16.8. The monoisotopic (exact) mass is 338 g/mol. The van der Waals surface area contributed by atoms with Gasteiger partial charge in [0.05, 0.1) is 6.61 Å². The van der Waals surface area contributed by atoms with Crippen LogP contribution in [0.1, 0.15) is 87.1 Å². The molecule has 0 saturated heterocycles. The minimum absolute atomic E-state index is 0.105. The molecule has 0 saturated carbocycles. The van der Waals surface area contributed by atoms with Crippen LogP contribution in [-0.4, -0.2) is 5.11 Å². The Bertz CT molecular complexity index is 693. The molecule has 0 aromatic heterocycles. The number of hydrogen-bond acceptors (Lipinski definition) is 1. The first-order valence-electron chi connectivity index (χ1n) is 9.77. The average Bonchev–Trinajstić information content (AvgIpc) is 2.58. The van der Waals surface area contributed by atoms with Gasteiger partial charge < -0.3 is 5.11 Å². The summed E-state index contributed by atoms with van der Waals surface area (Å²) < 4.78 is 0. The fraction of sp³-hybridized carbons (Fsp3) is 0.500. The van der Waals surface area contributed by atoms with Crippen LogP contribution < -0.4 is 0 Å². The van der Waals surface area contributed by atoms with Crippen molar-refractivity contribution >= 4 is 0 Å². The first-order chi connectivity index (χ1) is 11.9. The highest BCUT2D eigenvalue weighted by molar-refractivity contribution is 5.75. The predicted molar refractivity (Wildman–Crippen MR) is 109 cm³/mol. The Balaban J connectivity index is 2.83. The van der Waals surface area contributed by atoms with Crippen LogP contribution in [0.4, 0.5) is 0 Å². The second kappa shape index (κ2) is 8.67. The van der Waals surface area contributed by atoms with Crippen LogP contribution in [0.5, 0.6) is 0 Å². The fourth-order valence-corrected chi connectivity index (χ4v) is 3.70. The third-order valence-electron chi connectivity index (χ3n) is 5.13. The molecular weight excluding hydrogens is 304 g/mol. The highest BCUT2D eigenvalue weighted by Crippen LogP contribution is 2.39. The van der Waals surface area contributed by atoms with Gasteiger partial charge in [-0.15, -0.1) is 0 Å². The Morgan fingerprint density at radius 2 is 1.44 bits per heavy atom. The Kier molecular flexibility index (Phi) is 6.84. The van der Waals surface area contributed by atoms with E-state index >= 15 is 0 Å². The molecule has 0 atom stereocenters. The Hall–Kier alpha value is -1.60. The van der Waals surface area contributed by atoms with E-state index in [0.717, 1.165) is 12.0 Å². The number of hydrogen-bond donors (Lipinski definition) is 1.